The molecule has 0 spiro atoms. The maximum absolute atomic E-state index is 11.4. The average molecular weight is 339 g/mol. The van der Waals surface area contributed by atoms with Gasteiger partial charge in [0.05, 0.1) is 6.26 Å². The van der Waals surface area contributed by atoms with Gasteiger partial charge in [0.25, 0.3) is 0 Å². The van der Waals surface area contributed by atoms with Crippen molar-refractivity contribution in [3.05, 3.63) is 54.2 Å². The highest BCUT2D eigenvalue weighted by Crippen LogP contribution is 2.28. The topological polar surface area (TPSA) is 112 Å². The minimum Gasteiger partial charge on any atom is -0.284 e. The van der Waals surface area contributed by atoms with Crippen LogP contribution in [0.3, 0.4) is 0 Å². The summed E-state index contributed by atoms with van der Waals surface area (Å²) in [7, 11) is -3.34. The van der Waals surface area contributed by atoms with Crippen LogP contribution in [0.1, 0.15) is 5.69 Å². The fraction of sp³-hybridized carbons (Fsp3) is 0.0625. The summed E-state index contributed by atoms with van der Waals surface area (Å²) in [6.07, 6.45) is 1.11. The Bertz CT molecular complexity index is 1030. The minimum absolute atomic E-state index is 0.291. The van der Waals surface area contributed by atoms with E-state index in [1.54, 1.807) is 18.2 Å². The third-order valence-corrected chi connectivity index (χ3v) is 3.90. The highest BCUT2D eigenvalue weighted by molar-refractivity contribution is 7.92. The van der Waals surface area contributed by atoms with E-state index in [4.69, 9.17) is 5.26 Å². The van der Waals surface area contributed by atoms with Crippen molar-refractivity contribution in [1.29, 1.82) is 5.26 Å². The van der Waals surface area contributed by atoms with Crippen molar-refractivity contribution in [1.82, 2.24) is 15.4 Å². The maximum atomic E-state index is 11.4. The van der Waals surface area contributed by atoms with E-state index in [-0.39, 0.29) is 0 Å². The van der Waals surface area contributed by atoms with Gasteiger partial charge in [-0.25, -0.2) is 13.5 Å². The second-order valence-electron chi connectivity index (χ2n) is 5.18. The number of aromatic amines is 1. The molecule has 0 aliphatic heterocycles. The molecule has 8 heteroatoms. The van der Waals surface area contributed by atoms with Crippen LogP contribution >= 0.6 is 0 Å². The predicted molar refractivity (Wildman–Crippen MR) is 90.4 cm³/mol. The lowest BCUT2D eigenvalue weighted by molar-refractivity contribution is 0.607. The number of nitriles is 1. The Kier molecular flexibility index (Phi) is 4.02. The summed E-state index contributed by atoms with van der Waals surface area (Å²) in [5.74, 6) is 0. The van der Waals surface area contributed by atoms with Gasteiger partial charge in [-0.15, -0.1) is 5.10 Å². The molecular formula is C16H13N5O2S. The number of hydrogen-bond donors (Lipinski definition) is 2. The molecule has 2 N–H and O–H groups in total. The Morgan fingerprint density at radius 2 is 1.75 bits per heavy atom. The fourth-order valence-electron chi connectivity index (χ4n) is 2.33. The predicted octanol–water partition coefficient (Wildman–Crippen LogP) is 2.38. The number of rotatable bonds is 4. The van der Waals surface area contributed by atoms with Crippen LogP contribution in [0.15, 0.2) is 48.5 Å². The van der Waals surface area contributed by atoms with Crippen LogP contribution in [0.25, 0.3) is 22.4 Å². The Labute approximate surface area is 139 Å². The van der Waals surface area contributed by atoms with Gasteiger partial charge in [-0.3, -0.25) is 4.72 Å². The van der Waals surface area contributed by atoms with E-state index >= 15 is 0 Å². The summed E-state index contributed by atoms with van der Waals surface area (Å²) in [5, 5.41) is 19.2. The molecule has 2 aromatic carbocycles. The Morgan fingerprint density at radius 1 is 1.08 bits per heavy atom. The van der Waals surface area contributed by atoms with Gasteiger partial charge in [0.15, 0.2) is 5.69 Å². The van der Waals surface area contributed by atoms with Crippen molar-refractivity contribution in [3.8, 4) is 28.5 Å². The first-order chi connectivity index (χ1) is 11.5. The molecule has 0 bridgehead atoms. The quantitative estimate of drug-likeness (QED) is 0.758. The zero-order valence-corrected chi connectivity index (χ0v) is 13.5. The molecule has 0 amide bonds. The van der Waals surface area contributed by atoms with Gasteiger partial charge in [0, 0.05) is 11.3 Å². The molecule has 0 saturated carbocycles. The fourth-order valence-corrected chi connectivity index (χ4v) is 2.89. The van der Waals surface area contributed by atoms with Crippen LogP contribution in [0.2, 0.25) is 0 Å². The first-order valence-electron chi connectivity index (χ1n) is 6.96. The molecule has 3 aromatic rings. The van der Waals surface area contributed by atoms with E-state index in [2.05, 4.69) is 20.1 Å². The number of benzene rings is 2. The Morgan fingerprint density at radius 3 is 2.46 bits per heavy atom. The third-order valence-electron chi connectivity index (χ3n) is 3.30. The van der Waals surface area contributed by atoms with Gasteiger partial charge in [0.1, 0.15) is 11.8 Å². The van der Waals surface area contributed by atoms with Gasteiger partial charge in [0.2, 0.25) is 10.0 Å². The lowest BCUT2D eigenvalue weighted by atomic mass is 10.0. The summed E-state index contributed by atoms with van der Waals surface area (Å²) in [6, 6.07) is 16.5. The molecule has 1 aromatic heterocycles. The maximum Gasteiger partial charge on any atom is 0.229 e. The summed E-state index contributed by atoms with van der Waals surface area (Å²) in [4.78, 5) is 0. The Balaban J connectivity index is 2.01. The molecule has 0 fully saturated rings. The lowest BCUT2D eigenvalue weighted by Gasteiger charge is -2.08. The highest BCUT2D eigenvalue weighted by Gasteiger charge is 2.10. The SMILES string of the molecule is CS(=O)(=O)Nc1cccc(-c2cccc(-c3nn[nH]c3C#N)c2)c1. The van der Waals surface area contributed by atoms with Crippen LogP contribution in [0.4, 0.5) is 5.69 Å². The molecule has 0 radical (unpaired) electrons. The summed E-state index contributed by atoms with van der Waals surface area (Å²) >= 11 is 0. The van der Waals surface area contributed by atoms with Gasteiger partial charge >= 0.3 is 0 Å². The number of H-pyrrole nitrogens is 1. The van der Waals surface area contributed by atoms with Crippen molar-refractivity contribution >= 4 is 15.7 Å². The van der Waals surface area contributed by atoms with E-state index in [1.165, 1.54) is 0 Å². The standard InChI is InChI=1S/C16H13N5O2S/c1-24(22,23)20-14-7-3-5-12(9-14)11-4-2-6-13(8-11)16-15(10-17)18-21-19-16/h2-9,20H,1H3,(H,18,19,21). The van der Waals surface area contributed by atoms with Crippen molar-refractivity contribution in [3.63, 3.8) is 0 Å². The third kappa shape index (κ3) is 3.42. The van der Waals surface area contributed by atoms with Crippen molar-refractivity contribution in [2.24, 2.45) is 0 Å². The number of anilines is 1. The molecule has 0 aliphatic rings. The van der Waals surface area contributed by atoms with E-state index in [1.807, 2.05) is 36.4 Å². The summed E-state index contributed by atoms with van der Waals surface area (Å²) < 4.78 is 25.2. The molecule has 24 heavy (non-hydrogen) atoms. The number of aromatic nitrogens is 3. The first kappa shape index (κ1) is 15.7. The number of nitrogens with one attached hydrogen (secondary N) is 2. The second-order valence-corrected chi connectivity index (χ2v) is 6.93. The van der Waals surface area contributed by atoms with Gasteiger partial charge in [-0.2, -0.15) is 5.26 Å². The van der Waals surface area contributed by atoms with E-state index in [0.29, 0.717) is 17.1 Å². The normalized spacial score (nSPS) is 11.0. The van der Waals surface area contributed by atoms with Crippen LogP contribution in [-0.4, -0.2) is 30.1 Å². The van der Waals surface area contributed by atoms with E-state index < -0.39 is 10.0 Å². The van der Waals surface area contributed by atoms with Crippen LogP contribution in [0, 0.1) is 11.3 Å². The summed E-state index contributed by atoms with van der Waals surface area (Å²) in [5.41, 5.74) is 3.72. The molecular weight excluding hydrogens is 326 g/mol. The Hall–Kier alpha value is -3.18. The molecule has 7 nitrogen and oxygen atoms in total. The zero-order chi connectivity index (χ0) is 17.2. The van der Waals surface area contributed by atoms with Crippen LogP contribution in [0.5, 0.6) is 0 Å². The highest BCUT2D eigenvalue weighted by atomic mass is 32.2. The first-order valence-corrected chi connectivity index (χ1v) is 8.85. The molecule has 0 aliphatic carbocycles. The van der Waals surface area contributed by atoms with Gasteiger partial charge < -0.3 is 0 Å². The van der Waals surface area contributed by atoms with Crippen molar-refractivity contribution < 1.29 is 8.42 Å². The van der Waals surface area contributed by atoms with Gasteiger partial charge in [-0.05, 0) is 29.3 Å². The molecule has 0 unspecified atom stereocenters. The molecule has 0 atom stereocenters. The van der Waals surface area contributed by atoms with Crippen LogP contribution < -0.4 is 4.72 Å². The second kappa shape index (κ2) is 6.14. The molecule has 1 heterocycles. The molecule has 120 valence electrons. The minimum atomic E-state index is -3.34. The van der Waals surface area contributed by atoms with Crippen LogP contribution in [-0.2, 0) is 10.0 Å². The van der Waals surface area contributed by atoms with E-state index in [9.17, 15) is 8.42 Å². The zero-order valence-electron chi connectivity index (χ0n) is 12.7. The monoisotopic (exact) mass is 339 g/mol. The number of nitrogens with zero attached hydrogens (tertiary/aromatic N) is 3. The van der Waals surface area contributed by atoms with Crippen molar-refractivity contribution in [2.45, 2.75) is 0 Å². The number of hydrogen-bond acceptors (Lipinski definition) is 5. The smallest absolute Gasteiger partial charge is 0.229 e. The number of sulfonamides is 1. The summed E-state index contributed by atoms with van der Waals surface area (Å²) in [6.45, 7) is 0. The molecule has 0 saturated heterocycles. The van der Waals surface area contributed by atoms with E-state index in [0.717, 1.165) is 22.9 Å². The molecule has 3 rings (SSSR count). The lowest BCUT2D eigenvalue weighted by Crippen LogP contribution is -2.09. The van der Waals surface area contributed by atoms with Gasteiger partial charge in [-0.1, -0.05) is 35.5 Å². The van der Waals surface area contributed by atoms with Crippen molar-refractivity contribution in [2.75, 3.05) is 11.0 Å². The largest absolute Gasteiger partial charge is 0.284 e. The average Bonchev–Trinajstić information content (AvgIpc) is 3.02.